The zero-order valence-electron chi connectivity index (χ0n) is 17.1. The van der Waals surface area contributed by atoms with Gasteiger partial charge < -0.3 is 15.7 Å². The van der Waals surface area contributed by atoms with Gasteiger partial charge in [0.25, 0.3) is 5.56 Å². The van der Waals surface area contributed by atoms with E-state index in [-0.39, 0.29) is 24.1 Å². The maximum atomic E-state index is 12.2. The van der Waals surface area contributed by atoms with Crippen LogP contribution in [0.2, 0.25) is 0 Å². The third-order valence-electron chi connectivity index (χ3n) is 5.60. The molecule has 1 amide bonds. The van der Waals surface area contributed by atoms with E-state index in [1.165, 1.54) is 12.3 Å². The number of hydrogen-bond donors (Lipinski definition) is 3. The number of aliphatic hydroxyl groups is 1. The Balaban J connectivity index is 1.28. The largest absolute Gasteiger partial charge is 0.387 e. The Morgan fingerprint density at radius 2 is 1.87 bits per heavy atom. The van der Waals surface area contributed by atoms with Gasteiger partial charge in [0, 0.05) is 30.0 Å². The summed E-state index contributed by atoms with van der Waals surface area (Å²) in [6.07, 6.45) is 3.77. The van der Waals surface area contributed by atoms with Gasteiger partial charge in [-0.3, -0.25) is 9.59 Å². The van der Waals surface area contributed by atoms with E-state index in [0.29, 0.717) is 11.7 Å². The molecule has 3 unspecified atom stereocenters. The lowest BCUT2D eigenvalue weighted by Crippen LogP contribution is -2.35. The van der Waals surface area contributed by atoms with Crippen LogP contribution in [0.3, 0.4) is 0 Å². The highest BCUT2D eigenvalue weighted by molar-refractivity contribution is 5.90. The van der Waals surface area contributed by atoms with Crippen LogP contribution in [0.25, 0.3) is 0 Å². The molecule has 0 aliphatic carbocycles. The van der Waals surface area contributed by atoms with Crippen LogP contribution >= 0.6 is 0 Å². The highest BCUT2D eigenvalue weighted by Gasteiger charge is 2.29. The SMILES string of the molecule is O=C(Cn1ncccc1=O)Nc1ccc(CC2CCC(C(O)c3ccccc3)N2)cc1. The highest BCUT2D eigenvalue weighted by Crippen LogP contribution is 2.26. The van der Waals surface area contributed by atoms with Gasteiger partial charge in [-0.2, -0.15) is 5.10 Å². The van der Waals surface area contributed by atoms with Gasteiger partial charge in [-0.15, -0.1) is 0 Å². The highest BCUT2D eigenvalue weighted by atomic mass is 16.3. The summed E-state index contributed by atoms with van der Waals surface area (Å²) in [7, 11) is 0. The topological polar surface area (TPSA) is 96.2 Å². The maximum absolute atomic E-state index is 12.2. The molecule has 1 aliphatic heterocycles. The van der Waals surface area contributed by atoms with E-state index in [4.69, 9.17) is 0 Å². The summed E-state index contributed by atoms with van der Waals surface area (Å²) < 4.78 is 1.12. The number of hydrogen-bond acceptors (Lipinski definition) is 5. The van der Waals surface area contributed by atoms with Crippen LogP contribution in [0.15, 0.2) is 77.7 Å². The summed E-state index contributed by atoms with van der Waals surface area (Å²) in [6.45, 7) is -0.126. The summed E-state index contributed by atoms with van der Waals surface area (Å²) >= 11 is 0. The molecule has 1 fully saturated rings. The van der Waals surface area contributed by atoms with Crippen LogP contribution in [0, 0.1) is 0 Å². The van der Waals surface area contributed by atoms with Crippen molar-refractivity contribution >= 4 is 11.6 Å². The van der Waals surface area contributed by atoms with Gasteiger partial charge in [0.2, 0.25) is 5.91 Å². The van der Waals surface area contributed by atoms with Crippen LogP contribution in [-0.2, 0) is 17.8 Å². The van der Waals surface area contributed by atoms with Gasteiger partial charge >= 0.3 is 0 Å². The number of nitrogens with one attached hydrogen (secondary N) is 2. The monoisotopic (exact) mass is 418 g/mol. The summed E-state index contributed by atoms with van der Waals surface area (Å²) in [5.41, 5.74) is 2.46. The molecule has 3 N–H and O–H groups in total. The molecule has 2 heterocycles. The molecule has 1 aliphatic rings. The molecule has 160 valence electrons. The fourth-order valence-electron chi connectivity index (χ4n) is 3.99. The fourth-order valence-corrected chi connectivity index (χ4v) is 3.99. The molecule has 0 spiro atoms. The van der Waals surface area contributed by atoms with E-state index < -0.39 is 6.10 Å². The molecule has 4 rings (SSSR count). The second-order valence-corrected chi connectivity index (χ2v) is 7.87. The van der Waals surface area contributed by atoms with Crippen molar-refractivity contribution < 1.29 is 9.90 Å². The fraction of sp³-hybridized carbons (Fsp3) is 0.292. The molecule has 1 saturated heterocycles. The molecule has 0 saturated carbocycles. The van der Waals surface area contributed by atoms with Crippen molar-refractivity contribution in [2.75, 3.05) is 5.32 Å². The van der Waals surface area contributed by atoms with Crippen molar-refractivity contribution in [3.63, 3.8) is 0 Å². The lowest BCUT2D eigenvalue weighted by Gasteiger charge is -2.20. The van der Waals surface area contributed by atoms with E-state index in [1.54, 1.807) is 6.07 Å². The minimum absolute atomic E-state index is 0.0564. The average molecular weight is 418 g/mol. The Hall–Kier alpha value is -3.29. The maximum Gasteiger partial charge on any atom is 0.267 e. The molecule has 2 aromatic carbocycles. The van der Waals surface area contributed by atoms with Crippen LogP contribution in [0.5, 0.6) is 0 Å². The Bertz CT molecular complexity index is 1070. The molecular weight excluding hydrogens is 392 g/mol. The lowest BCUT2D eigenvalue weighted by atomic mass is 10.0. The molecule has 1 aromatic heterocycles. The average Bonchev–Trinajstić information content (AvgIpc) is 3.25. The van der Waals surface area contributed by atoms with Crippen LogP contribution in [-0.4, -0.2) is 32.9 Å². The second kappa shape index (κ2) is 9.68. The van der Waals surface area contributed by atoms with E-state index in [1.807, 2.05) is 54.6 Å². The second-order valence-electron chi connectivity index (χ2n) is 7.87. The first-order valence-electron chi connectivity index (χ1n) is 10.5. The minimum atomic E-state index is -0.504. The zero-order valence-corrected chi connectivity index (χ0v) is 17.1. The van der Waals surface area contributed by atoms with Crippen LogP contribution < -0.4 is 16.2 Å². The third-order valence-corrected chi connectivity index (χ3v) is 5.60. The molecule has 3 atom stereocenters. The predicted octanol–water partition coefficient (Wildman–Crippen LogP) is 2.28. The molecule has 7 heteroatoms. The standard InChI is InChI=1S/C24H26N4O3/c29-22(16-28-23(30)7-4-14-25-28)27-19-10-8-17(9-11-19)15-20-12-13-21(26-20)24(31)18-5-2-1-3-6-18/h1-11,14,20-21,24,26,31H,12-13,15-16H2,(H,27,29). The van der Waals surface area contributed by atoms with Gasteiger partial charge in [0.15, 0.2) is 0 Å². The van der Waals surface area contributed by atoms with Gasteiger partial charge in [-0.25, -0.2) is 4.68 Å². The van der Waals surface area contributed by atoms with Gasteiger partial charge in [-0.05, 0) is 48.6 Å². The number of rotatable bonds is 7. The van der Waals surface area contributed by atoms with Gasteiger partial charge in [0.05, 0.1) is 6.10 Å². The number of anilines is 1. The molecule has 0 bridgehead atoms. The lowest BCUT2D eigenvalue weighted by molar-refractivity contribution is -0.117. The Morgan fingerprint density at radius 1 is 1.10 bits per heavy atom. The minimum Gasteiger partial charge on any atom is -0.387 e. The number of nitrogens with zero attached hydrogens (tertiary/aromatic N) is 2. The van der Waals surface area contributed by atoms with Crippen molar-refractivity contribution in [2.24, 2.45) is 0 Å². The van der Waals surface area contributed by atoms with Crippen molar-refractivity contribution in [1.29, 1.82) is 0 Å². The number of aliphatic hydroxyl groups excluding tert-OH is 1. The van der Waals surface area contributed by atoms with Crippen molar-refractivity contribution in [2.45, 2.75) is 44.0 Å². The Labute approximate surface area is 180 Å². The van der Waals surface area contributed by atoms with Crippen LogP contribution in [0.4, 0.5) is 5.69 Å². The summed E-state index contributed by atoms with van der Waals surface area (Å²) in [6, 6.07) is 20.7. The molecule has 31 heavy (non-hydrogen) atoms. The smallest absolute Gasteiger partial charge is 0.267 e. The van der Waals surface area contributed by atoms with Crippen molar-refractivity contribution in [1.82, 2.24) is 15.1 Å². The third kappa shape index (κ3) is 5.45. The zero-order chi connectivity index (χ0) is 21.6. The summed E-state index contributed by atoms with van der Waals surface area (Å²) in [4.78, 5) is 23.8. The molecular formula is C24H26N4O3. The van der Waals surface area contributed by atoms with E-state index in [2.05, 4.69) is 15.7 Å². The first-order chi connectivity index (χ1) is 15.1. The summed E-state index contributed by atoms with van der Waals surface area (Å²) in [5.74, 6) is -0.302. The van der Waals surface area contributed by atoms with Gasteiger partial charge in [-0.1, -0.05) is 42.5 Å². The van der Waals surface area contributed by atoms with E-state index in [9.17, 15) is 14.7 Å². The molecule has 7 nitrogen and oxygen atoms in total. The molecule has 3 aromatic rings. The quantitative estimate of drug-likeness (QED) is 0.547. The summed E-state index contributed by atoms with van der Waals surface area (Å²) in [5, 5.41) is 20.9. The first kappa shape index (κ1) is 21.0. The predicted molar refractivity (Wildman–Crippen MR) is 119 cm³/mol. The van der Waals surface area contributed by atoms with E-state index in [0.717, 1.165) is 35.1 Å². The number of aromatic nitrogens is 2. The number of amides is 1. The van der Waals surface area contributed by atoms with Crippen molar-refractivity contribution in [3.05, 3.63) is 94.4 Å². The Morgan fingerprint density at radius 3 is 2.61 bits per heavy atom. The normalized spacial score (nSPS) is 19.1. The van der Waals surface area contributed by atoms with E-state index >= 15 is 0 Å². The first-order valence-corrected chi connectivity index (χ1v) is 10.5. The number of benzene rings is 2. The van der Waals surface area contributed by atoms with Gasteiger partial charge in [0.1, 0.15) is 6.54 Å². The van der Waals surface area contributed by atoms with Crippen LogP contribution in [0.1, 0.15) is 30.1 Å². The van der Waals surface area contributed by atoms with Crippen molar-refractivity contribution in [3.8, 4) is 0 Å². The molecule has 0 radical (unpaired) electrons. The number of carbonyl (C=O) groups is 1. The number of carbonyl (C=O) groups excluding carboxylic acids is 1. The Kier molecular flexibility index (Phi) is 6.54.